The van der Waals surface area contributed by atoms with Crippen molar-refractivity contribution in [2.45, 2.75) is 36.9 Å². The van der Waals surface area contributed by atoms with E-state index in [4.69, 9.17) is 0 Å². The second-order valence-electron chi connectivity index (χ2n) is 5.88. The maximum Gasteiger partial charge on any atom is 0.194 e. The zero-order valence-corrected chi connectivity index (χ0v) is 12.9. The van der Waals surface area contributed by atoms with Gasteiger partial charge in [-0.15, -0.1) is 0 Å². The summed E-state index contributed by atoms with van der Waals surface area (Å²) in [6.45, 7) is 0. The summed E-state index contributed by atoms with van der Waals surface area (Å²) in [5.41, 5.74) is 2.28. The number of benzene rings is 2. The molecule has 0 unspecified atom stereocenters. The van der Waals surface area contributed by atoms with Crippen LogP contribution in [0.1, 0.15) is 37.2 Å². The summed E-state index contributed by atoms with van der Waals surface area (Å²) in [4.78, 5) is 0. The van der Waals surface area contributed by atoms with Crippen molar-refractivity contribution in [3.63, 3.8) is 0 Å². The number of hydrogen-bond donors (Lipinski definition) is 1. The van der Waals surface area contributed by atoms with Gasteiger partial charge in [0, 0.05) is 5.25 Å². The summed E-state index contributed by atoms with van der Waals surface area (Å²) in [7, 11) is 0. The van der Waals surface area contributed by atoms with Crippen LogP contribution in [0.25, 0.3) is 11.1 Å². The molecule has 1 aliphatic rings. The minimum atomic E-state index is -1.43. The van der Waals surface area contributed by atoms with Gasteiger partial charge in [-0.25, -0.2) is 13.2 Å². The van der Waals surface area contributed by atoms with E-state index < -0.39 is 17.5 Å². The summed E-state index contributed by atoms with van der Waals surface area (Å²) in [5.74, 6) is -3.22. The normalized spacial score (nSPS) is 21.8. The molecule has 2 aromatic rings. The molecule has 1 fully saturated rings. The summed E-state index contributed by atoms with van der Waals surface area (Å²) < 4.78 is 39.6. The first-order chi connectivity index (χ1) is 10.5. The minimum Gasteiger partial charge on any atom is -0.204 e. The lowest BCUT2D eigenvalue weighted by atomic mass is 9.83. The van der Waals surface area contributed by atoms with Crippen molar-refractivity contribution in [3.05, 3.63) is 59.4 Å². The van der Waals surface area contributed by atoms with E-state index in [1.165, 1.54) is 5.56 Å². The van der Waals surface area contributed by atoms with Crippen LogP contribution in [0.3, 0.4) is 0 Å². The van der Waals surface area contributed by atoms with Crippen molar-refractivity contribution >= 4 is 12.6 Å². The van der Waals surface area contributed by atoms with Gasteiger partial charge in [0.15, 0.2) is 17.5 Å². The number of rotatable bonds is 2. The summed E-state index contributed by atoms with van der Waals surface area (Å²) in [6, 6.07) is 9.73. The van der Waals surface area contributed by atoms with Crippen LogP contribution in [-0.2, 0) is 0 Å². The largest absolute Gasteiger partial charge is 0.204 e. The van der Waals surface area contributed by atoms with Gasteiger partial charge in [-0.05, 0) is 60.4 Å². The second kappa shape index (κ2) is 6.37. The Morgan fingerprint density at radius 2 is 1.32 bits per heavy atom. The predicted octanol–water partition coefficient (Wildman–Crippen LogP) is 5.73. The van der Waals surface area contributed by atoms with Gasteiger partial charge < -0.3 is 0 Å². The zero-order chi connectivity index (χ0) is 15.7. The van der Waals surface area contributed by atoms with Gasteiger partial charge in [-0.3, -0.25) is 0 Å². The lowest BCUT2D eigenvalue weighted by Crippen LogP contribution is -2.12. The molecular formula is C18H17F3S. The molecule has 22 heavy (non-hydrogen) atoms. The van der Waals surface area contributed by atoms with Crippen molar-refractivity contribution in [2.24, 2.45) is 0 Å². The van der Waals surface area contributed by atoms with Gasteiger partial charge in [-0.1, -0.05) is 24.3 Å². The quantitative estimate of drug-likeness (QED) is 0.530. The van der Waals surface area contributed by atoms with Crippen molar-refractivity contribution in [1.29, 1.82) is 0 Å². The molecule has 0 N–H and O–H groups in total. The third-order valence-electron chi connectivity index (χ3n) is 4.40. The smallest absolute Gasteiger partial charge is 0.194 e. The van der Waals surface area contributed by atoms with Gasteiger partial charge in [0.05, 0.1) is 0 Å². The number of thiol groups is 1. The number of hydrogen-bond acceptors (Lipinski definition) is 1. The van der Waals surface area contributed by atoms with E-state index in [1.54, 1.807) is 0 Å². The Kier molecular flexibility index (Phi) is 4.48. The average molecular weight is 322 g/mol. The highest BCUT2D eigenvalue weighted by Gasteiger charge is 2.20. The Balaban J connectivity index is 1.82. The molecule has 4 heteroatoms. The Hall–Kier alpha value is -1.42. The van der Waals surface area contributed by atoms with Crippen molar-refractivity contribution in [2.75, 3.05) is 0 Å². The fraction of sp³-hybridized carbons (Fsp3) is 0.333. The molecule has 0 amide bonds. The topological polar surface area (TPSA) is 0 Å². The summed E-state index contributed by atoms with van der Waals surface area (Å²) in [6.07, 6.45) is 4.47. The van der Waals surface area contributed by atoms with E-state index in [9.17, 15) is 13.2 Å². The second-order valence-corrected chi connectivity index (χ2v) is 6.61. The maximum atomic E-state index is 13.3. The van der Waals surface area contributed by atoms with Crippen LogP contribution < -0.4 is 0 Å². The molecule has 0 aliphatic heterocycles. The third kappa shape index (κ3) is 3.17. The zero-order valence-electron chi connectivity index (χ0n) is 12.0. The molecule has 0 nitrogen and oxygen atoms in total. The molecule has 3 rings (SSSR count). The summed E-state index contributed by atoms with van der Waals surface area (Å²) >= 11 is 4.50. The van der Waals surface area contributed by atoms with Gasteiger partial charge in [0.25, 0.3) is 0 Å². The monoisotopic (exact) mass is 322 g/mol. The highest BCUT2D eigenvalue weighted by atomic mass is 32.1. The first-order valence-electron chi connectivity index (χ1n) is 7.47. The number of halogens is 3. The Bertz CT molecular complexity index is 636. The van der Waals surface area contributed by atoms with Gasteiger partial charge in [0.2, 0.25) is 0 Å². The van der Waals surface area contributed by atoms with Gasteiger partial charge in [0.1, 0.15) is 0 Å². The molecular weight excluding hydrogens is 305 g/mol. The highest BCUT2D eigenvalue weighted by Crippen LogP contribution is 2.35. The SMILES string of the molecule is Fc1cc(-c2ccc(C3CCC(S)CC3)cc2)cc(F)c1F. The highest BCUT2D eigenvalue weighted by molar-refractivity contribution is 7.80. The molecule has 0 saturated heterocycles. The maximum absolute atomic E-state index is 13.3. The van der Waals surface area contributed by atoms with E-state index in [1.807, 2.05) is 24.3 Å². The van der Waals surface area contributed by atoms with Gasteiger partial charge in [-0.2, -0.15) is 12.6 Å². The molecule has 0 aromatic heterocycles. The Morgan fingerprint density at radius 1 is 0.773 bits per heavy atom. The van der Waals surface area contributed by atoms with Crippen molar-refractivity contribution < 1.29 is 13.2 Å². The van der Waals surface area contributed by atoms with E-state index in [0.717, 1.165) is 37.8 Å². The molecule has 1 saturated carbocycles. The van der Waals surface area contributed by atoms with Crippen LogP contribution >= 0.6 is 12.6 Å². The average Bonchev–Trinajstić information content (AvgIpc) is 2.53. The fourth-order valence-electron chi connectivity index (χ4n) is 3.08. The van der Waals surface area contributed by atoms with E-state index in [-0.39, 0.29) is 0 Å². The molecule has 1 aliphatic carbocycles. The molecule has 2 aromatic carbocycles. The van der Waals surface area contributed by atoms with Gasteiger partial charge >= 0.3 is 0 Å². The lowest BCUT2D eigenvalue weighted by Gasteiger charge is -2.26. The van der Waals surface area contributed by atoms with Crippen LogP contribution in [0.5, 0.6) is 0 Å². The minimum absolute atomic E-state index is 0.349. The first kappa shape index (κ1) is 15.5. The fourth-order valence-corrected chi connectivity index (χ4v) is 3.38. The van der Waals surface area contributed by atoms with Crippen molar-refractivity contribution in [3.8, 4) is 11.1 Å². The Labute approximate surface area is 133 Å². The molecule has 0 heterocycles. The van der Waals surface area contributed by atoms with E-state index in [2.05, 4.69) is 12.6 Å². The standard InChI is InChI=1S/C18H17F3S/c19-16-9-14(10-17(20)18(16)21)13-3-1-11(2-4-13)12-5-7-15(22)8-6-12/h1-4,9-10,12,15,22H,5-8H2. The van der Waals surface area contributed by atoms with Crippen LogP contribution in [0.15, 0.2) is 36.4 Å². The van der Waals surface area contributed by atoms with Crippen LogP contribution in [-0.4, -0.2) is 5.25 Å². The third-order valence-corrected chi connectivity index (χ3v) is 4.91. The molecule has 0 radical (unpaired) electrons. The van der Waals surface area contributed by atoms with Crippen LogP contribution in [0.2, 0.25) is 0 Å². The molecule has 0 atom stereocenters. The van der Waals surface area contributed by atoms with Crippen molar-refractivity contribution in [1.82, 2.24) is 0 Å². The molecule has 0 bridgehead atoms. The molecule has 0 spiro atoms. The van der Waals surface area contributed by atoms with Crippen LogP contribution in [0, 0.1) is 17.5 Å². The summed E-state index contributed by atoms with van der Waals surface area (Å²) in [5, 5.41) is 0.501. The Morgan fingerprint density at radius 3 is 1.86 bits per heavy atom. The predicted molar refractivity (Wildman–Crippen MR) is 85.7 cm³/mol. The van der Waals surface area contributed by atoms with E-state index >= 15 is 0 Å². The first-order valence-corrected chi connectivity index (χ1v) is 7.99. The van der Waals surface area contributed by atoms with E-state index in [0.29, 0.717) is 22.3 Å². The lowest BCUT2D eigenvalue weighted by molar-refractivity contribution is 0.447. The molecule has 116 valence electrons. The van der Waals surface area contributed by atoms with Crippen LogP contribution in [0.4, 0.5) is 13.2 Å².